The van der Waals surface area contributed by atoms with Gasteiger partial charge in [0.15, 0.2) is 12.0 Å². The Labute approximate surface area is 45.4 Å². The second kappa shape index (κ2) is 1.69. The van der Waals surface area contributed by atoms with Gasteiger partial charge < -0.3 is 5.41 Å². The normalized spacial score (nSPS) is 17.0. The quantitative estimate of drug-likeness (QED) is 0.290. The Morgan fingerprint density at radius 3 is 2.88 bits per heavy atom. The van der Waals surface area contributed by atoms with Crippen LogP contribution in [0.3, 0.4) is 0 Å². The molecule has 1 rings (SSSR count). The third-order valence-electron chi connectivity index (χ3n) is 0.769. The van der Waals surface area contributed by atoms with Crippen LogP contribution in [0.15, 0.2) is 10.7 Å². The fraction of sp³-hybridized carbons (Fsp3) is 0. The number of hydrogen-bond donors (Lipinski definition) is 1. The van der Waals surface area contributed by atoms with Crippen molar-refractivity contribution >= 4 is 18.1 Å². The van der Waals surface area contributed by atoms with E-state index < -0.39 is 0 Å². The van der Waals surface area contributed by atoms with Crippen LogP contribution in [0, 0.1) is 0 Å². The van der Waals surface area contributed by atoms with Crippen molar-refractivity contribution in [3.05, 3.63) is 11.1 Å². The van der Waals surface area contributed by atoms with Gasteiger partial charge in [-0.2, -0.15) is 4.99 Å². The minimum Gasteiger partial charge on any atom is -0.761 e. The lowest BCUT2D eigenvalue weighted by Gasteiger charge is -1.78. The van der Waals surface area contributed by atoms with Gasteiger partial charge in [0.25, 0.3) is 0 Å². The molecule has 0 fully saturated rings. The van der Waals surface area contributed by atoms with E-state index in [0.29, 0.717) is 0 Å². The van der Waals surface area contributed by atoms with Crippen LogP contribution in [-0.4, -0.2) is 18.1 Å². The highest BCUT2D eigenvalue weighted by Crippen LogP contribution is 1.86. The van der Waals surface area contributed by atoms with Crippen molar-refractivity contribution in [1.29, 1.82) is 0 Å². The third-order valence-corrected chi connectivity index (χ3v) is 0.769. The van der Waals surface area contributed by atoms with Crippen molar-refractivity contribution in [2.75, 3.05) is 0 Å². The first-order valence-electron chi connectivity index (χ1n) is 2.03. The van der Waals surface area contributed by atoms with E-state index in [1.54, 1.807) is 5.87 Å². The lowest BCUT2D eigenvalue weighted by molar-refractivity contribution is -0.433. The van der Waals surface area contributed by atoms with Crippen LogP contribution in [0.5, 0.6) is 0 Å². The van der Waals surface area contributed by atoms with Crippen LogP contribution in [-0.2, 0) is 4.79 Å². The highest BCUT2D eigenvalue weighted by Gasteiger charge is 2.14. The molecule has 40 valence electrons. The zero-order valence-electron chi connectivity index (χ0n) is 3.96. The van der Waals surface area contributed by atoms with Crippen molar-refractivity contribution in [3.63, 3.8) is 0 Å². The second-order valence-corrected chi connectivity index (χ2v) is 1.27. The number of nitrogens with zero attached hydrogens (tertiary/aromatic N) is 2. The number of primary amides is 1. The molecule has 0 unspecified atom stereocenters. The van der Waals surface area contributed by atoms with Crippen molar-refractivity contribution in [2.45, 2.75) is 0 Å². The number of quaternary nitrogens is 1. The van der Waals surface area contributed by atoms with E-state index >= 15 is 0 Å². The second-order valence-electron chi connectivity index (χ2n) is 1.27. The first-order chi connectivity index (χ1) is 3.84. The maximum Gasteiger partial charge on any atom is 0.373 e. The Bertz CT molecular complexity index is 199. The summed E-state index contributed by atoms with van der Waals surface area (Å²) in [5.41, 5.74) is -0.0231. The Balaban J connectivity index is 2.99. The molecule has 0 saturated heterocycles. The fourth-order valence-electron chi connectivity index (χ4n) is 0.406. The molecule has 0 aliphatic carbocycles. The highest BCUT2D eigenvalue weighted by atomic mass is 16.2. The Morgan fingerprint density at radius 1 is 1.88 bits per heavy atom. The predicted octanol–water partition coefficient (Wildman–Crippen LogP) is -1.76. The van der Waals surface area contributed by atoms with Gasteiger partial charge >= 0.3 is 5.91 Å². The van der Waals surface area contributed by atoms with Crippen LogP contribution in [0.2, 0.25) is 0 Å². The monoisotopic (exact) mass is 109 g/mol. The lowest BCUT2D eigenvalue weighted by Crippen LogP contribution is -2.84. The van der Waals surface area contributed by atoms with Gasteiger partial charge in [0.1, 0.15) is 0 Å². The van der Waals surface area contributed by atoms with Crippen molar-refractivity contribution in [1.82, 2.24) is 0 Å². The number of nitrogens with two attached hydrogens (primary N) is 1. The predicted molar refractivity (Wildman–Crippen MR) is 27.3 cm³/mol. The molecular weight excluding hydrogens is 106 g/mol. The molecule has 0 aromatic carbocycles. The molecule has 4 heteroatoms. The van der Waals surface area contributed by atoms with E-state index in [2.05, 4.69) is 4.99 Å². The Morgan fingerprint density at radius 2 is 2.62 bits per heavy atom. The number of carbonyl (C=O) groups is 1. The van der Waals surface area contributed by atoms with Gasteiger partial charge in [0.2, 0.25) is 0 Å². The summed E-state index contributed by atoms with van der Waals surface area (Å²) in [4.78, 5) is 13.8. The molecule has 4 nitrogen and oxygen atoms in total. The van der Waals surface area contributed by atoms with Crippen LogP contribution < -0.4 is 5.32 Å². The summed E-state index contributed by atoms with van der Waals surface area (Å²) in [5, 5.41) is 9.36. The van der Waals surface area contributed by atoms with Gasteiger partial charge in [-0.05, 0) is 0 Å². The average molecular weight is 109 g/mol. The summed E-state index contributed by atoms with van der Waals surface area (Å²) in [5.74, 6) is 1.35. The van der Waals surface area contributed by atoms with Crippen molar-refractivity contribution in [3.8, 4) is 0 Å². The van der Waals surface area contributed by atoms with E-state index in [4.69, 9.17) is 5.41 Å². The van der Waals surface area contributed by atoms with E-state index in [-0.39, 0.29) is 11.6 Å². The molecule has 0 radical (unpaired) electrons. The van der Waals surface area contributed by atoms with Gasteiger partial charge in [-0.15, -0.1) is 0 Å². The third kappa shape index (κ3) is 0.578. The van der Waals surface area contributed by atoms with Crippen LogP contribution in [0.1, 0.15) is 0 Å². The summed E-state index contributed by atoms with van der Waals surface area (Å²) < 4.78 is 0. The number of rotatable bonds is 0. The summed E-state index contributed by atoms with van der Waals surface area (Å²) in [6.45, 7) is 0. The molecule has 1 heterocycles. The van der Waals surface area contributed by atoms with Crippen molar-refractivity contribution in [2.24, 2.45) is 4.99 Å². The average Bonchev–Trinajstić information content (AvgIpc) is 2.14. The van der Waals surface area contributed by atoms with Gasteiger partial charge in [-0.3, -0.25) is 0 Å². The molecule has 1 aliphatic heterocycles. The largest absolute Gasteiger partial charge is 0.761 e. The van der Waals surface area contributed by atoms with Gasteiger partial charge in [0.05, 0.1) is 0 Å². The standard InChI is InChI=1S/C4H2N3O/c5-1-3-4(8)7-2-6-3/h2H,(H,6,7,8)/q-1/p+1. The molecule has 8 heavy (non-hydrogen) atoms. The molecule has 2 N–H and O–H groups in total. The molecule has 1 amide bonds. The first-order valence-corrected chi connectivity index (χ1v) is 2.03. The van der Waals surface area contributed by atoms with Gasteiger partial charge in [-0.25, -0.2) is 16.0 Å². The first kappa shape index (κ1) is 4.90. The smallest absolute Gasteiger partial charge is 0.373 e. The Kier molecular flexibility index (Phi) is 1.04. The fourth-order valence-corrected chi connectivity index (χ4v) is 0.406. The SMILES string of the molecule is [N-]=C=C1N=C[NH2+]C1=O. The minimum absolute atomic E-state index is 0.0231. The number of carbonyl (C=O) groups excluding carboxylic acids is 1. The molecule has 0 aromatic heterocycles. The van der Waals surface area contributed by atoms with Gasteiger partial charge in [-0.1, -0.05) is 0 Å². The van der Waals surface area contributed by atoms with E-state index in [0.717, 1.165) is 0 Å². The molecular formula is C4H3N3O. The van der Waals surface area contributed by atoms with Crippen molar-refractivity contribution < 1.29 is 10.1 Å². The van der Waals surface area contributed by atoms with E-state index in [1.807, 2.05) is 0 Å². The molecule has 0 atom stereocenters. The zero-order chi connectivity index (χ0) is 5.98. The maximum absolute atomic E-state index is 10.4. The molecule has 1 aliphatic rings. The number of amides is 1. The van der Waals surface area contributed by atoms with Crippen LogP contribution in [0.4, 0.5) is 0 Å². The topological polar surface area (TPSA) is 68.3 Å². The zero-order valence-corrected chi connectivity index (χ0v) is 3.96. The van der Waals surface area contributed by atoms with Gasteiger partial charge in [0, 0.05) is 0 Å². The summed E-state index contributed by atoms with van der Waals surface area (Å²) in [7, 11) is 0. The molecule has 0 bridgehead atoms. The minimum atomic E-state index is -0.299. The maximum atomic E-state index is 10.4. The number of hydrogen-bond acceptors (Lipinski definition) is 2. The number of aliphatic imine (C=N–C) groups is 1. The summed E-state index contributed by atoms with van der Waals surface area (Å²) in [6, 6.07) is 0. The lowest BCUT2D eigenvalue weighted by atomic mass is 10.5. The molecule has 0 aromatic rings. The van der Waals surface area contributed by atoms with Crippen LogP contribution >= 0.6 is 0 Å². The van der Waals surface area contributed by atoms with Crippen LogP contribution in [0.25, 0.3) is 5.41 Å². The Hall–Kier alpha value is -1.25. The molecule has 0 saturated carbocycles. The molecule has 0 spiro atoms. The summed E-state index contributed by atoms with van der Waals surface area (Å²) in [6.07, 6.45) is 1.32. The van der Waals surface area contributed by atoms with E-state index in [1.165, 1.54) is 11.7 Å². The van der Waals surface area contributed by atoms with E-state index in [9.17, 15) is 4.79 Å². The summed E-state index contributed by atoms with van der Waals surface area (Å²) >= 11 is 0. The highest BCUT2D eigenvalue weighted by molar-refractivity contribution is 6.01.